The number of carbonyl (C=O) groups is 2. The van der Waals surface area contributed by atoms with E-state index >= 15 is 0 Å². The van der Waals surface area contributed by atoms with Crippen LogP contribution in [0.4, 0.5) is 0 Å². The zero-order valence-corrected chi connectivity index (χ0v) is 47.3. The Kier molecular flexibility index (Phi) is 59.3. The summed E-state index contributed by atoms with van der Waals surface area (Å²) < 4.78 is 17.5. The Balaban J connectivity index is 4.25. The van der Waals surface area contributed by atoms with Crippen molar-refractivity contribution < 1.29 is 23.8 Å². The van der Waals surface area contributed by atoms with Crippen LogP contribution in [-0.2, 0) is 23.8 Å². The zero-order chi connectivity index (χ0) is 50.6. The molecule has 0 fully saturated rings. The van der Waals surface area contributed by atoms with Crippen LogP contribution in [0.5, 0.6) is 0 Å². The van der Waals surface area contributed by atoms with Gasteiger partial charge in [-0.25, -0.2) is 0 Å². The van der Waals surface area contributed by atoms with Gasteiger partial charge in [-0.05, 0) is 83.5 Å². The largest absolute Gasteiger partial charge is 0.462 e. The fourth-order valence-electron chi connectivity index (χ4n) is 9.16. The number of allylic oxidation sites excluding steroid dienone is 8. The van der Waals surface area contributed by atoms with Gasteiger partial charge >= 0.3 is 11.9 Å². The molecule has 0 saturated heterocycles. The van der Waals surface area contributed by atoms with Crippen LogP contribution >= 0.6 is 0 Å². The fourth-order valence-corrected chi connectivity index (χ4v) is 9.16. The highest BCUT2D eigenvalue weighted by molar-refractivity contribution is 5.70. The Morgan fingerprint density at radius 2 is 0.600 bits per heavy atom. The van der Waals surface area contributed by atoms with Crippen molar-refractivity contribution in [2.24, 2.45) is 0 Å². The maximum absolute atomic E-state index is 12.9. The van der Waals surface area contributed by atoms with Gasteiger partial charge in [-0.15, -0.1) is 0 Å². The molecule has 0 aliphatic rings. The molecule has 410 valence electrons. The quantitative estimate of drug-likeness (QED) is 0.0345. The Morgan fingerprint density at radius 3 is 1.00 bits per heavy atom. The lowest BCUT2D eigenvalue weighted by atomic mass is 10.0. The van der Waals surface area contributed by atoms with Crippen molar-refractivity contribution in [1.82, 2.24) is 0 Å². The van der Waals surface area contributed by atoms with Gasteiger partial charge in [-0.2, -0.15) is 0 Å². The molecule has 0 bridgehead atoms. The predicted octanol–water partition coefficient (Wildman–Crippen LogP) is 21.5. The lowest BCUT2D eigenvalue weighted by Gasteiger charge is -2.18. The van der Waals surface area contributed by atoms with E-state index in [-0.39, 0.29) is 25.2 Å². The van der Waals surface area contributed by atoms with Crippen molar-refractivity contribution in [3.8, 4) is 0 Å². The van der Waals surface area contributed by atoms with Gasteiger partial charge in [0, 0.05) is 19.4 Å². The van der Waals surface area contributed by atoms with Gasteiger partial charge in [-0.3, -0.25) is 9.59 Å². The molecule has 0 aromatic rings. The van der Waals surface area contributed by atoms with E-state index < -0.39 is 6.10 Å². The van der Waals surface area contributed by atoms with E-state index in [0.717, 1.165) is 70.6 Å². The molecule has 0 rings (SSSR count). The Hall–Kier alpha value is -2.14. The van der Waals surface area contributed by atoms with Gasteiger partial charge in [0.25, 0.3) is 0 Å². The third-order valence-corrected chi connectivity index (χ3v) is 13.8. The van der Waals surface area contributed by atoms with E-state index in [1.807, 2.05) is 0 Å². The number of carbonyl (C=O) groups excluding carboxylic acids is 2. The molecule has 70 heavy (non-hydrogen) atoms. The van der Waals surface area contributed by atoms with Crippen LogP contribution in [0.25, 0.3) is 0 Å². The molecule has 0 aromatic heterocycles. The maximum atomic E-state index is 12.9. The van der Waals surface area contributed by atoms with Crippen LogP contribution in [0, 0.1) is 0 Å². The molecule has 0 radical (unpaired) electrons. The van der Waals surface area contributed by atoms with Crippen molar-refractivity contribution in [3.05, 3.63) is 48.6 Å². The molecule has 5 nitrogen and oxygen atoms in total. The van der Waals surface area contributed by atoms with Gasteiger partial charge in [0.05, 0.1) is 6.61 Å². The molecule has 1 unspecified atom stereocenters. The van der Waals surface area contributed by atoms with E-state index in [0.29, 0.717) is 19.4 Å². The highest BCUT2D eigenvalue weighted by atomic mass is 16.6. The van der Waals surface area contributed by atoms with Crippen LogP contribution in [0.2, 0.25) is 0 Å². The minimum Gasteiger partial charge on any atom is -0.462 e. The second-order valence-electron chi connectivity index (χ2n) is 21.0. The molecule has 1 atom stereocenters. The van der Waals surface area contributed by atoms with Crippen LogP contribution in [0.15, 0.2) is 48.6 Å². The van der Waals surface area contributed by atoms with E-state index in [9.17, 15) is 9.59 Å². The Labute approximate surface area is 437 Å². The number of unbranched alkanes of at least 4 members (excludes halogenated alkanes) is 39. The molecule has 0 amide bonds. The first-order valence-electron chi connectivity index (χ1n) is 31.2. The third-order valence-electron chi connectivity index (χ3n) is 13.8. The Morgan fingerprint density at radius 1 is 0.314 bits per heavy atom. The second kappa shape index (κ2) is 61.2. The number of ether oxygens (including phenoxy) is 3. The van der Waals surface area contributed by atoms with Crippen LogP contribution in [0.3, 0.4) is 0 Å². The SMILES string of the molecule is CCCCC/C=C\C/C=C\C/C=C\CCCCCCCCC(=O)OCC(COCCCCCCCCCCCCCCCCCCCCCC)OC(=O)CCCCCCC/C=C\CCCCCCCC. The van der Waals surface area contributed by atoms with Gasteiger partial charge in [0.1, 0.15) is 6.61 Å². The summed E-state index contributed by atoms with van der Waals surface area (Å²) >= 11 is 0. The molecular formula is C65H120O5. The average molecular weight is 982 g/mol. The number of hydrogen-bond acceptors (Lipinski definition) is 5. The zero-order valence-electron chi connectivity index (χ0n) is 47.3. The van der Waals surface area contributed by atoms with E-state index in [1.165, 1.54) is 225 Å². The summed E-state index contributed by atoms with van der Waals surface area (Å²) in [6, 6.07) is 0. The smallest absolute Gasteiger partial charge is 0.306 e. The van der Waals surface area contributed by atoms with Gasteiger partial charge in [0.2, 0.25) is 0 Å². The summed E-state index contributed by atoms with van der Waals surface area (Å²) in [4.78, 5) is 25.6. The molecule has 0 aliphatic heterocycles. The third kappa shape index (κ3) is 58.4. The number of esters is 2. The molecule has 0 N–H and O–H groups in total. The standard InChI is InChI=1S/C65H120O5/c1-4-7-10-13-16-19-22-25-28-30-32-34-36-39-42-45-48-51-54-57-60-68-61-63(70-65(67)59-56-53-50-47-44-41-37-27-24-21-18-15-12-9-6-3)62-69-64(66)58-55-52-49-46-43-40-38-35-33-31-29-26-23-20-17-14-11-8-5-2/h17,20,26-27,29,33,35,37,63H,4-16,18-19,21-25,28,30-32,34,36,38-62H2,1-3H3/b20-17-,29-26-,35-33-,37-27-. The van der Waals surface area contributed by atoms with E-state index in [4.69, 9.17) is 14.2 Å². The van der Waals surface area contributed by atoms with Crippen molar-refractivity contribution in [2.45, 2.75) is 335 Å². The minimum atomic E-state index is -0.544. The summed E-state index contributed by atoms with van der Waals surface area (Å²) in [6.07, 6.45) is 77.1. The topological polar surface area (TPSA) is 61.8 Å². The van der Waals surface area contributed by atoms with Crippen molar-refractivity contribution in [2.75, 3.05) is 19.8 Å². The van der Waals surface area contributed by atoms with E-state index in [1.54, 1.807) is 0 Å². The van der Waals surface area contributed by atoms with Gasteiger partial charge in [0.15, 0.2) is 6.10 Å². The van der Waals surface area contributed by atoms with Crippen LogP contribution in [-0.4, -0.2) is 37.9 Å². The summed E-state index contributed by atoms with van der Waals surface area (Å²) in [5, 5.41) is 0. The van der Waals surface area contributed by atoms with Crippen molar-refractivity contribution in [3.63, 3.8) is 0 Å². The van der Waals surface area contributed by atoms with Gasteiger partial charge in [-0.1, -0.05) is 281 Å². The monoisotopic (exact) mass is 981 g/mol. The number of rotatable bonds is 58. The summed E-state index contributed by atoms with van der Waals surface area (Å²) in [5.41, 5.74) is 0. The summed E-state index contributed by atoms with van der Waals surface area (Å²) in [6.45, 7) is 7.84. The Bertz CT molecular complexity index is 1150. The minimum absolute atomic E-state index is 0.0791. The van der Waals surface area contributed by atoms with Crippen LogP contribution in [0.1, 0.15) is 329 Å². The van der Waals surface area contributed by atoms with Crippen LogP contribution < -0.4 is 0 Å². The normalized spacial score (nSPS) is 12.4. The summed E-state index contributed by atoms with van der Waals surface area (Å²) in [5.74, 6) is -0.403. The van der Waals surface area contributed by atoms with Crippen molar-refractivity contribution >= 4 is 11.9 Å². The fraction of sp³-hybridized carbons (Fsp3) is 0.846. The van der Waals surface area contributed by atoms with Gasteiger partial charge < -0.3 is 14.2 Å². The molecule has 0 saturated carbocycles. The molecule has 0 aromatic carbocycles. The first-order valence-corrected chi connectivity index (χ1v) is 31.2. The highest BCUT2D eigenvalue weighted by Crippen LogP contribution is 2.17. The molecule has 0 heterocycles. The first-order chi connectivity index (χ1) is 34.6. The predicted molar refractivity (Wildman–Crippen MR) is 307 cm³/mol. The first kappa shape index (κ1) is 67.9. The molecule has 5 heteroatoms. The summed E-state index contributed by atoms with van der Waals surface area (Å²) in [7, 11) is 0. The number of hydrogen-bond donors (Lipinski definition) is 0. The molecule has 0 spiro atoms. The molecule has 0 aliphatic carbocycles. The average Bonchev–Trinajstić information content (AvgIpc) is 3.36. The molecular weight excluding hydrogens is 861 g/mol. The second-order valence-corrected chi connectivity index (χ2v) is 21.0. The lowest BCUT2D eigenvalue weighted by Crippen LogP contribution is -2.30. The van der Waals surface area contributed by atoms with E-state index in [2.05, 4.69) is 69.4 Å². The maximum Gasteiger partial charge on any atom is 0.306 e. The lowest BCUT2D eigenvalue weighted by molar-refractivity contribution is -0.163. The highest BCUT2D eigenvalue weighted by Gasteiger charge is 2.17. The van der Waals surface area contributed by atoms with Crippen molar-refractivity contribution in [1.29, 1.82) is 0 Å².